The molecule has 1 aromatic heterocycles. The molecule has 2 atom stereocenters. The largest absolute Gasteiger partial charge is 0.490 e. The number of halogens is 1. The first-order valence-corrected chi connectivity index (χ1v) is 9.29. The quantitative estimate of drug-likeness (QED) is 0.731. The standard InChI is InChI=1S/C19H20N2O4S.ClH/c1-2-12-5-8-15(20-10-12)16(22)11-25-14-6-3-13(4-7-14)9-17-18(23)21-19(24)26-17;/h3-8,10,16-17,22H,2,9,11H2,1H3,(H,21,23,24);1H/t16-,17?;/m1./s1. The first kappa shape index (κ1) is 21.2. The van der Waals surface area contributed by atoms with Gasteiger partial charge >= 0.3 is 0 Å². The van der Waals surface area contributed by atoms with Crippen LogP contribution in [0.4, 0.5) is 4.79 Å². The summed E-state index contributed by atoms with van der Waals surface area (Å²) in [6.45, 7) is 2.16. The highest BCUT2D eigenvalue weighted by Gasteiger charge is 2.31. The maximum Gasteiger partial charge on any atom is 0.286 e. The summed E-state index contributed by atoms with van der Waals surface area (Å²) < 4.78 is 5.61. The smallest absolute Gasteiger partial charge is 0.286 e. The summed E-state index contributed by atoms with van der Waals surface area (Å²) in [7, 11) is 0. The Balaban J connectivity index is 0.00000261. The number of aliphatic hydroxyl groups is 1. The zero-order chi connectivity index (χ0) is 18.5. The predicted octanol–water partition coefficient (Wildman–Crippen LogP) is 3.07. The van der Waals surface area contributed by atoms with Gasteiger partial charge in [0.1, 0.15) is 18.5 Å². The van der Waals surface area contributed by atoms with E-state index in [1.165, 1.54) is 0 Å². The predicted molar refractivity (Wildman–Crippen MR) is 106 cm³/mol. The average Bonchev–Trinajstić information content (AvgIpc) is 2.98. The van der Waals surface area contributed by atoms with E-state index in [-0.39, 0.29) is 35.4 Å². The Morgan fingerprint density at radius 2 is 1.89 bits per heavy atom. The monoisotopic (exact) mass is 408 g/mol. The highest BCUT2D eigenvalue weighted by Crippen LogP contribution is 2.24. The van der Waals surface area contributed by atoms with Gasteiger partial charge in [0.25, 0.3) is 5.24 Å². The molecule has 8 heteroatoms. The summed E-state index contributed by atoms with van der Waals surface area (Å²) in [5.41, 5.74) is 2.64. The van der Waals surface area contributed by atoms with Gasteiger partial charge in [0, 0.05) is 6.20 Å². The number of hydrogen-bond donors (Lipinski definition) is 2. The fraction of sp³-hybridized carbons (Fsp3) is 0.316. The molecule has 1 aliphatic rings. The highest BCUT2D eigenvalue weighted by atomic mass is 35.5. The molecule has 0 bridgehead atoms. The van der Waals surface area contributed by atoms with Gasteiger partial charge in [-0.25, -0.2) is 0 Å². The fourth-order valence-corrected chi connectivity index (χ4v) is 3.43. The number of nitrogens with one attached hydrogen (secondary N) is 1. The van der Waals surface area contributed by atoms with Crippen LogP contribution in [0.2, 0.25) is 0 Å². The van der Waals surface area contributed by atoms with Gasteiger partial charge in [0.2, 0.25) is 5.91 Å². The van der Waals surface area contributed by atoms with Gasteiger partial charge in [0.05, 0.1) is 10.9 Å². The molecule has 0 spiro atoms. The zero-order valence-electron chi connectivity index (χ0n) is 14.8. The minimum Gasteiger partial charge on any atom is -0.490 e. The van der Waals surface area contributed by atoms with Crippen molar-refractivity contribution in [1.82, 2.24) is 10.3 Å². The van der Waals surface area contributed by atoms with E-state index >= 15 is 0 Å². The van der Waals surface area contributed by atoms with Crippen LogP contribution in [0.5, 0.6) is 5.75 Å². The lowest BCUT2D eigenvalue weighted by Gasteiger charge is -2.13. The molecule has 1 saturated heterocycles. The number of pyridine rings is 1. The Morgan fingerprint density at radius 1 is 1.19 bits per heavy atom. The van der Waals surface area contributed by atoms with Crippen LogP contribution in [-0.4, -0.2) is 33.1 Å². The van der Waals surface area contributed by atoms with E-state index in [0.29, 0.717) is 17.9 Å². The van der Waals surface area contributed by atoms with Crippen LogP contribution < -0.4 is 10.1 Å². The first-order chi connectivity index (χ1) is 12.5. The topological polar surface area (TPSA) is 88.5 Å². The van der Waals surface area contributed by atoms with E-state index in [1.807, 2.05) is 24.3 Å². The number of rotatable bonds is 7. The van der Waals surface area contributed by atoms with Crippen LogP contribution in [0, 0.1) is 0 Å². The second-order valence-electron chi connectivity index (χ2n) is 6.00. The molecule has 6 nitrogen and oxygen atoms in total. The molecule has 0 saturated carbocycles. The maximum atomic E-state index is 11.6. The summed E-state index contributed by atoms with van der Waals surface area (Å²) in [6, 6.07) is 11.0. The molecule has 1 unspecified atom stereocenters. The van der Waals surface area contributed by atoms with Crippen molar-refractivity contribution in [3.8, 4) is 5.75 Å². The molecule has 144 valence electrons. The number of aliphatic hydroxyl groups excluding tert-OH is 1. The molecule has 0 aliphatic carbocycles. The van der Waals surface area contributed by atoms with Crippen molar-refractivity contribution in [2.75, 3.05) is 6.61 Å². The average molecular weight is 409 g/mol. The lowest BCUT2D eigenvalue weighted by molar-refractivity contribution is -0.118. The van der Waals surface area contributed by atoms with Crippen LogP contribution in [0.25, 0.3) is 0 Å². The van der Waals surface area contributed by atoms with Gasteiger partial charge < -0.3 is 9.84 Å². The number of aryl methyl sites for hydroxylation is 1. The van der Waals surface area contributed by atoms with Crippen molar-refractivity contribution in [3.05, 3.63) is 59.4 Å². The summed E-state index contributed by atoms with van der Waals surface area (Å²) >= 11 is 1.02. The third-order valence-electron chi connectivity index (χ3n) is 4.12. The summed E-state index contributed by atoms with van der Waals surface area (Å²) in [5.74, 6) is 0.377. The van der Waals surface area contributed by atoms with Gasteiger partial charge in [-0.15, -0.1) is 12.4 Å². The van der Waals surface area contributed by atoms with E-state index in [1.54, 1.807) is 18.3 Å². The van der Waals surface area contributed by atoms with Crippen molar-refractivity contribution >= 4 is 35.3 Å². The molecular weight excluding hydrogens is 388 g/mol. The molecule has 2 heterocycles. The Labute approximate surface area is 168 Å². The summed E-state index contributed by atoms with van der Waals surface area (Å²) in [6.07, 6.45) is 2.35. The molecule has 1 fully saturated rings. The molecular formula is C19H21ClN2O4S. The number of thioether (sulfide) groups is 1. The Morgan fingerprint density at radius 3 is 2.44 bits per heavy atom. The van der Waals surface area contributed by atoms with E-state index in [2.05, 4.69) is 17.2 Å². The molecule has 27 heavy (non-hydrogen) atoms. The van der Waals surface area contributed by atoms with Crippen LogP contribution in [0.15, 0.2) is 42.6 Å². The van der Waals surface area contributed by atoms with E-state index < -0.39 is 6.10 Å². The first-order valence-electron chi connectivity index (χ1n) is 8.41. The van der Waals surface area contributed by atoms with Gasteiger partial charge in [-0.05, 0) is 42.2 Å². The Kier molecular flexibility index (Phi) is 7.65. The minimum atomic E-state index is -0.801. The minimum absolute atomic E-state index is 0. The second kappa shape index (κ2) is 9.73. The van der Waals surface area contributed by atoms with Crippen molar-refractivity contribution < 1.29 is 19.4 Å². The zero-order valence-corrected chi connectivity index (χ0v) is 16.4. The number of ether oxygens (including phenoxy) is 1. The third kappa shape index (κ3) is 5.69. The fourth-order valence-electron chi connectivity index (χ4n) is 2.57. The van der Waals surface area contributed by atoms with Gasteiger partial charge in [-0.2, -0.15) is 0 Å². The summed E-state index contributed by atoms with van der Waals surface area (Å²) in [5, 5.41) is 11.8. The number of amides is 2. The van der Waals surface area contributed by atoms with E-state index in [4.69, 9.17) is 4.74 Å². The lowest BCUT2D eigenvalue weighted by atomic mass is 10.1. The number of nitrogens with zero attached hydrogens (tertiary/aromatic N) is 1. The molecule has 0 radical (unpaired) electrons. The van der Waals surface area contributed by atoms with Crippen LogP contribution in [0.3, 0.4) is 0 Å². The molecule has 2 amide bonds. The van der Waals surface area contributed by atoms with E-state index in [9.17, 15) is 14.7 Å². The number of carbonyl (C=O) groups is 2. The molecule has 1 aliphatic heterocycles. The highest BCUT2D eigenvalue weighted by molar-refractivity contribution is 8.15. The summed E-state index contributed by atoms with van der Waals surface area (Å²) in [4.78, 5) is 27.0. The Hall–Kier alpha value is -2.09. The number of hydrogen-bond acceptors (Lipinski definition) is 6. The van der Waals surface area contributed by atoms with Crippen molar-refractivity contribution in [2.45, 2.75) is 31.1 Å². The molecule has 3 rings (SSSR count). The van der Waals surface area contributed by atoms with E-state index in [0.717, 1.165) is 29.3 Å². The third-order valence-corrected chi connectivity index (χ3v) is 5.10. The number of carbonyl (C=O) groups excluding carboxylic acids is 2. The van der Waals surface area contributed by atoms with Gasteiger partial charge in [0.15, 0.2) is 0 Å². The van der Waals surface area contributed by atoms with Gasteiger partial charge in [-0.3, -0.25) is 19.9 Å². The van der Waals surface area contributed by atoms with Crippen molar-refractivity contribution in [1.29, 1.82) is 0 Å². The number of benzene rings is 1. The normalized spacial score (nSPS) is 17.2. The SMILES string of the molecule is CCc1ccc([C@H](O)COc2ccc(CC3SC(=O)NC3=O)cc2)nc1.Cl. The maximum absolute atomic E-state index is 11.6. The van der Waals surface area contributed by atoms with Crippen molar-refractivity contribution in [3.63, 3.8) is 0 Å². The van der Waals surface area contributed by atoms with Crippen LogP contribution in [-0.2, 0) is 17.6 Å². The molecule has 2 N–H and O–H groups in total. The molecule has 1 aromatic carbocycles. The van der Waals surface area contributed by atoms with Gasteiger partial charge in [-0.1, -0.05) is 36.9 Å². The molecule has 2 aromatic rings. The Bertz CT molecular complexity index is 783. The van der Waals surface area contributed by atoms with Crippen LogP contribution >= 0.6 is 24.2 Å². The second-order valence-corrected chi connectivity index (χ2v) is 7.18. The van der Waals surface area contributed by atoms with Crippen molar-refractivity contribution in [2.24, 2.45) is 0 Å². The number of imide groups is 1. The van der Waals surface area contributed by atoms with Crippen LogP contribution in [0.1, 0.15) is 29.8 Å². The number of aromatic nitrogens is 1. The lowest BCUT2D eigenvalue weighted by Crippen LogP contribution is -2.25.